The smallest absolute Gasteiger partial charge is 0.355 e. The first kappa shape index (κ1) is 34.7. The van der Waals surface area contributed by atoms with Crippen LogP contribution in [0.15, 0.2) is 104 Å². The van der Waals surface area contributed by atoms with Gasteiger partial charge < -0.3 is 9.84 Å². The zero-order chi connectivity index (χ0) is 34.9. The van der Waals surface area contributed by atoms with Crippen molar-refractivity contribution in [1.29, 1.82) is 0 Å². The third kappa shape index (κ3) is 8.71. The van der Waals surface area contributed by atoms with Crippen molar-refractivity contribution in [2.45, 2.75) is 71.9 Å². The van der Waals surface area contributed by atoms with E-state index in [1.807, 2.05) is 26.1 Å². The lowest BCUT2D eigenvalue weighted by molar-refractivity contribution is 0.0691. The van der Waals surface area contributed by atoms with Gasteiger partial charge in [-0.3, -0.25) is 14.9 Å². The number of aryl methyl sites for hydroxylation is 4. The second kappa shape index (κ2) is 16.5. The molecule has 0 radical (unpaired) electrons. The van der Waals surface area contributed by atoms with Gasteiger partial charge in [-0.15, -0.1) is 0 Å². The molecule has 0 saturated carbocycles. The van der Waals surface area contributed by atoms with Gasteiger partial charge in [0, 0.05) is 48.7 Å². The van der Waals surface area contributed by atoms with E-state index < -0.39 is 5.97 Å². The Morgan fingerprint density at radius 2 is 1.60 bits per heavy atom. The van der Waals surface area contributed by atoms with Crippen LogP contribution in [0.1, 0.15) is 75.7 Å². The quantitative estimate of drug-likeness (QED) is 0.105. The molecule has 0 bridgehead atoms. The lowest BCUT2D eigenvalue weighted by atomic mass is 9.97. The van der Waals surface area contributed by atoms with Gasteiger partial charge >= 0.3 is 5.97 Å². The zero-order valence-electron chi connectivity index (χ0n) is 29.2. The standard InChI is InChI=1S/C43H46N4O3/c1-4-50-31(3)20-21-34-24-39(42(43(48)49)44-26-34)40-30(2)23-36(27-45-40)41-38-19-11-17-35(38)25-37(46-41)18-12-22-47(28-32-13-7-5-8-14-32)29-33-15-9-6-10-16-33/h5-10,13-16,23-27H,3-4,11-12,17-22,28-29H2,1-2H3,(H,48,49). The van der Waals surface area contributed by atoms with E-state index >= 15 is 0 Å². The minimum Gasteiger partial charge on any atom is -0.499 e. The molecule has 50 heavy (non-hydrogen) atoms. The third-order valence-electron chi connectivity index (χ3n) is 9.34. The number of hydrogen-bond donors (Lipinski definition) is 1. The van der Waals surface area contributed by atoms with Gasteiger partial charge in [-0.25, -0.2) is 9.78 Å². The Bertz CT molecular complexity index is 1900. The van der Waals surface area contributed by atoms with Crippen molar-refractivity contribution >= 4 is 5.97 Å². The van der Waals surface area contributed by atoms with Crippen LogP contribution >= 0.6 is 0 Å². The second-order valence-electron chi connectivity index (χ2n) is 13.1. The summed E-state index contributed by atoms with van der Waals surface area (Å²) in [7, 11) is 0. The predicted octanol–water partition coefficient (Wildman–Crippen LogP) is 8.82. The first-order chi connectivity index (χ1) is 24.4. The first-order valence-corrected chi connectivity index (χ1v) is 17.7. The number of allylic oxidation sites excluding steroid dienone is 1. The molecule has 3 heterocycles. The molecular formula is C43H46N4O3. The molecule has 5 aromatic rings. The Hall–Kier alpha value is -5.14. The highest BCUT2D eigenvalue weighted by Crippen LogP contribution is 2.34. The van der Waals surface area contributed by atoms with Crippen molar-refractivity contribution in [3.05, 3.63) is 148 Å². The lowest BCUT2D eigenvalue weighted by Crippen LogP contribution is -2.24. The number of hydrogen-bond acceptors (Lipinski definition) is 6. The van der Waals surface area contributed by atoms with Crippen LogP contribution in [0.4, 0.5) is 0 Å². The molecule has 7 nitrogen and oxygen atoms in total. The molecule has 0 amide bonds. The summed E-state index contributed by atoms with van der Waals surface area (Å²) in [5.74, 6) is -0.372. The summed E-state index contributed by atoms with van der Waals surface area (Å²) in [6.07, 6.45) is 9.83. The monoisotopic (exact) mass is 666 g/mol. The zero-order valence-corrected chi connectivity index (χ0v) is 29.2. The van der Waals surface area contributed by atoms with Crippen molar-refractivity contribution in [3.8, 4) is 22.5 Å². The van der Waals surface area contributed by atoms with Crippen molar-refractivity contribution in [3.63, 3.8) is 0 Å². The fourth-order valence-electron chi connectivity index (χ4n) is 6.93. The average Bonchev–Trinajstić information content (AvgIpc) is 3.60. The molecule has 256 valence electrons. The van der Waals surface area contributed by atoms with Crippen molar-refractivity contribution in [1.82, 2.24) is 19.9 Å². The molecule has 7 heteroatoms. The number of carboxylic acids is 1. The summed E-state index contributed by atoms with van der Waals surface area (Å²) in [6.45, 7) is 11.2. The van der Waals surface area contributed by atoms with Gasteiger partial charge in [0.1, 0.15) is 0 Å². The third-order valence-corrected chi connectivity index (χ3v) is 9.34. The molecule has 1 N–H and O–H groups in total. The van der Waals surface area contributed by atoms with Crippen LogP contribution in [0.3, 0.4) is 0 Å². The Morgan fingerprint density at radius 1 is 0.880 bits per heavy atom. The second-order valence-corrected chi connectivity index (χ2v) is 13.1. The molecule has 0 fully saturated rings. The number of rotatable bonds is 16. The van der Waals surface area contributed by atoms with Gasteiger partial charge in [0.25, 0.3) is 0 Å². The number of fused-ring (bicyclic) bond motifs is 1. The fraction of sp³-hybridized carbons (Fsp3) is 0.302. The number of nitrogens with zero attached hydrogens (tertiary/aromatic N) is 4. The maximum atomic E-state index is 12.2. The molecular weight excluding hydrogens is 620 g/mol. The van der Waals surface area contributed by atoms with Gasteiger partial charge in [0.05, 0.1) is 23.8 Å². The molecule has 0 spiro atoms. The van der Waals surface area contributed by atoms with E-state index in [1.54, 1.807) is 6.20 Å². The number of aromatic nitrogens is 3. The van der Waals surface area contributed by atoms with Gasteiger partial charge in [-0.2, -0.15) is 0 Å². The van der Waals surface area contributed by atoms with E-state index in [-0.39, 0.29) is 5.69 Å². The highest BCUT2D eigenvalue weighted by atomic mass is 16.5. The van der Waals surface area contributed by atoms with E-state index in [4.69, 9.17) is 14.7 Å². The number of carboxylic acid groups (broad SMARTS) is 1. The average molecular weight is 667 g/mol. The van der Waals surface area contributed by atoms with E-state index in [0.717, 1.165) is 79.8 Å². The summed E-state index contributed by atoms with van der Waals surface area (Å²) < 4.78 is 5.50. The molecule has 2 aromatic carbocycles. The normalized spacial score (nSPS) is 12.2. The minimum atomic E-state index is -1.08. The SMILES string of the molecule is C=C(CCc1cnc(C(=O)O)c(-c2ncc(-c3nc(CCCN(Cc4ccccc4)Cc4ccccc4)cc4c3CCC4)cc2C)c1)OCC. The maximum Gasteiger partial charge on any atom is 0.355 e. The van der Waals surface area contributed by atoms with E-state index in [2.05, 4.69) is 89.3 Å². The Labute approximate surface area is 295 Å². The van der Waals surface area contributed by atoms with Crippen LogP contribution in [0.2, 0.25) is 0 Å². The van der Waals surface area contributed by atoms with Crippen molar-refractivity contribution in [2.24, 2.45) is 0 Å². The van der Waals surface area contributed by atoms with Crippen molar-refractivity contribution < 1.29 is 14.6 Å². The Morgan fingerprint density at radius 3 is 2.26 bits per heavy atom. The summed E-state index contributed by atoms with van der Waals surface area (Å²) in [4.78, 5) is 29.2. The number of carbonyl (C=O) groups is 1. The van der Waals surface area contributed by atoms with E-state index in [9.17, 15) is 9.90 Å². The molecule has 1 aliphatic carbocycles. The maximum absolute atomic E-state index is 12.2. The molecule has 0 aliphatic heterocycles. The molecule has 3 aromatic heterocycles. The summed E-state index contributed by atoms with van der Waals surface area (Å²) in [6, 6.07) is 27.7. The summed E-state index contributed by atoms with van der Waals surface area (Å²) >= 11 is 0. The van der Waals surface area contributed by atoms with Crippen molar-refractivity contribution in [2.75, 3.05) is 13.2 Å². The van der Waals surface area contributed by atoms with E-state index in [1.165, 1.54) is 22.3 Å². The highest BCUT2D eigenvalue weighted by Gasteiger charge is 2.22. The van der Waals surface area contributed by atoms with Gasteiger partial charge in [-0.1, -0.05) is 67.2 Å². The number of ether oxygens (including phenoxy) is 1. The van der Waals surface area contributed by atoms with Gasteiger partial charge in [-0.05, 0) is 110 Å². The van der Waals surface area contributed by atoms with Crippen LogP contribution in [-0.4, -0.2) is 44.1 Å². The minimum absolute atomic E-state index is 0.00433. The van der Waals surface area contributed by atoms with Gasteiger partial charge in [0.15, 0.2) is 5.69 Å². The summed E-state index contributed by atoms with van der Waals surface area (Å²) in [5.41, 5.74) is 11.3. The Balaban J connectivity index is 1.22. The molecule has 0 unspecified atom stereocenters. The lowest BCUT2D eigenvalue weighted by Gasteiger charge is -2.23. The predicted molar refractivity (Wildman–Crippen MR) is 199 cm³/mol. The van der Waals surface area contributed by atoms with Gasteiger partial charge in [0.2, 0.25) is 0 Å². The summed E-state index contributed by atoms with van der Waals surface area (Å²) in [5, 5.41) is 9.98. The fourth-order valence-corrected chi connectivity index (χ4v) is 6.93. The molecule has 6 rings (SSSR count). The van der Waals surface area contributed by atoms with Crippen LogP contribution < -0.4 is 0 Å². The number of aromatic carboxylic acids is 1. The molecule has 0 saturated heterocycles. The van der Waals surface area contributed by atoms with Crippen LogP contribution in [-0.2, 0) is 43.5 Å². The highest BCUT2D eigenvalue weighted by molar-refractivity contribution is 5.94. The topological polar surface area (TPSA) is 88.4 Å². The number of benzene rings is 2. The van der Waals surface area contributed by atoms with Crippen LogP contribution in [0, 0.1) is 6.92 Å². The van der Waals surface area contributed by atoms with Crippen LogP contribution in [0.5, 0.6) is 0 Å². The number of pyridine rings is 3. The molecule has 1 aliphatic rings. The molecule has 0 atom stereocenters. The Kier molecular flexibility index (Phi) is 11.5. The largest absolute Gasteiger partial charge is 0.499 e. The first-order valence-electron chi connectivity index (χ1n) is 17.7. The van der Waals surface area contributed by atoms with E-state index in [0.29, 0.717) is 36.5 Å². The van der Waals surface area contributed by atoms with Crippen LogP contribution in [0.25, 0.3) is 22.5 Å².